The molecule has 0 aliphatic rings. The first kappa shape index (κ1) is 12.7. The number of benzene rings is 1. The third-order valence-electron chi connectivity index (χ3n) is 2.35. The fourth-order valence-corrected chi connectivity index (χ4v) is 1.81. The normalized spacial score (nSPS) is 10.7. The van der Waals surface area contributed by atoms with E-state index in [2.05, 4.69) is 36.4 Å². The highest BCUT2D eigenvalue weighted by Gasteiger charge is 2.05. The van der Waals surface area contributed by atoms with Crippen LogP contribution >= 0.6 is 22.6 Å². The van der Waals surface area contributed by atoms with Crippen LogP contribution in [0.25, 0.3) is 0 Å². The Labute approximate surface area is 105 Å². The lowest BCUT2D eigenvalue weighted by molar-refractivity contribution is 0.0978. The van der Waals surface area contributed by atoms with Crippen molar-refractivity contribution in [3.05, 3.63) is 33.4 Å². The summed E-state index contributed by atoms with van der Waals surface area (Å²) in [6.45, 7) is 4.38. The lowest BCUT2D eigenvalue weighted by Crippen LogP contribution is -1.99. The molecule has 2 heteroatoms. The molecule has 82 valence electrons. The maximum Gasteiger partial charge on any atom is 0.162 e. The summed E-state index contributed by atoms with van der Waals surface area (Å²) in [4.78, 5) is 11.7. The Balaban J connectivity index is 2.43. The van der Waals surface area contributed by atoms with E-state index in [9.17, 15) is 4.79 Å². The maximum absolute atomic E-state index is 11.7. The van der Waals surface area contributed by atoms with Gasteiger partial charge >= 0.3 is 0 Å². The van der Waals surface area contributed by atoms with Gasteiger partial charge in [0, 0.05) is 15.6 Å². The third kappa shape index (κ3) is 4.78. The molecule has 0 atom stereocenters. The molecule has 15 heavy (non-hydrogen) atoms. The second-order valence-electron chi connectivity index (χ2n) is 4.22. The van der Waals surface area contributed by atoms with Crippen molar-refractivity contribution in [3.63, 3.8) is 0 Å². The van der Waals surface area contributed by atoms with Crippen LogP contribution in [0.5, 0.6) is 0 Å². The summed E-state index contributed by atoms with van der Waals surface area (Å²) < 4.78 is 1.17. The first-order valence-electron chi connectivity index (χ1n) is 5.38. The molecule has 1 aromatic rings. The largest absolute Gasteiger partial charge is 0.294 e. The van der Waals surface area contributed by atoms with Crippen molar-refractivity contribution < 1.29 is 4.79 Å². The van der Waals surface area contributed by atoms with Gasteiger partial charge in [-0.05, 0) is 47.1 Å². The van der Waals surface area contributed by atoms with E-state index in [0.29, 0.717) is 12.3 Å². The Kier molecular flexibility index (Phi) is 5.29. The predicted molar refractivity (Wildman–Crippen MR) is 72.2 cm³/mol. The smallest absolute Gasteiger partial charge is 0.162 e. The lowest BCUT2D eigenvalue weighted by Gasteiger charge is -2.04. The van der Waals surface area contributed by atoms with Gasteiger partial charge in [0.2, 0.25) is 0 Å². The third-order valence-corrected chi connectivity index (χ3v) is 3.07. The number of hydrogen-bond donors (Lipinski definition) is 0. The number of carbonyl (C=O) groups excluding carboxylic acids is 1. The lowest BCUT2D eigenvalue weighted by atomic mass is 10.0. The molecule has 0 heterocycles. The minimum absolute atomic E-state index is 0.270. The molecule has 0 amide bonds. The van der Waals surface area contributed by atoms with Crippen molar-refractivity contribution in [3.8, 4) is 0 Å². The molecule has 0 saturated carbocycles. The van der Waals surface area contributed by atoms with Gasteiger partial charge in [0.25, 0.3) is 0 Å². The van der Waals surface area contributed by atoms with E-state index in [-0.39, 0.29) is 5.78 Å². The minimum atomic E-state index is 0.270. The van der Waals surface area contributed by atoms with Gasteiger partial charge in [-0.3, -0.25) is 4.79 Å². The SMILES string of the molecule is CC(C)CCCC(=O)c1ccc(I)cc1. The second-order valence-corrected chi connectivity index (χ2v) is 5.46. The van der Waals surface area contributed by atoms with Crippen LogP contribution in [0.3, 0.4) is 0 Å². The molecule has 0 unspecified atom stereocenters. The van der Waals surface area contributed by atoms with Crippen molar-refractivity contribution in [1.29, 1.82) is 0 Å². The van der Waals surface area contributed by atoms with E-state index in [0.717, 1.165) is 18.4 Å². The Morgan fingerprint density at radius 2 is 1.87 bits per heavy atom. The fourth-order valence-electron chi connectivity index (χ4n) is 1.45. The Morgan fingerprint density at radius 3 is 2.40 bits per heavy atom. The highest BCUT2D eigenvalue weighted by Crippen LogP contribution is 2.12. The van der Waals surface area contributed by atoms with Gasteiger partial charge in [-0.1, -0.05) is 32.4 Å². The van der Waals surface area contributed by atoms with Crippen molar-refractivity contribution >= 4 is 28.4 Å². The Bertz CT molecular complexity index is 314. The van der Waals surface area contributed by atoms with Crippen LogP contribution in [-0.4, -0.2) is 5.78 Å². The van der Waals surface area contributed by atoms with E-state index in [1.807, 2.05) is 24.3 Å². The van der Waals surface area contributed by atoms with Crippen LogP contribution < -0.4 is 0 Å². The summed E-state index contributed by atoms with van der Waals surface area (Å²) >= 11 is 2.25. The summed E-state index contributed by atoms with van der Waals surface area (Å²) in [5.41, 5.74) is 0.846. The predicted octanol–water partition coefficient (Wildman–Crippen LogP) is 4.30. The van der Waals surface area contributed by atoms with Crippen molar-refractivity contribution in [2.45, 2.75) is 33.1 Å². The number of rotatable bonds is 5. The van der Waals surface area contributed by atoms with Crippen LogP contribution in [0.1, 0.15) is 43.5 Å². The molecular formula is C13H17IO. The van der Waals surface area contributed by atoms with E-state index < -0.39 is 0 Å². The summed E-state index contributed by atoms with van der Waals surface area (Å²) in [6, 6.07) is 7.80. The van der Waals surface area contributed by atoms with Gasteiger partial charge in [-0.25, -0.2) is 0 Å². The molecule has 0 aromatic heterocycles. The van der Waals surface area contributed by atoms with E-state index in [4.69, 9.17) is 0 Å². The number of ketones is 1. The van der Waals surface area contributed by atoms with Crippen molar-refractivity contribution in [2.24, 2.45) is 5.92 Å². The molecule has 0 N–H and O–H groups in total. The van der Waals surface area contributed by atoms with Crippen molar-refractivity contribution in [2.75, 3.05) is 0 Å². The highest BCUT2D eigenvalue weighted by atomic mass is 127. The van der Waals surface area contributed by atoms with E-state index in [1.165, 1.54) is 3.57 Å². The highest BCUT2D eigenvalue weighted by molar-refractivity contribution is 14.1. The maximum atomic E-state index is 11.7. The molecule has 0 saturated heterocycles. The average molecular weight is 316 g/mol. The number of hydrogen-bond acceptors (Lipinski definition) is 1. The molecule has 0 aliphatic carbocycles. The number of carbonyl (C=O) groups is 1. The van der Waals surface area contributed by atoms with Gasteiger partial charge < -0.3 is 0 Å². The van der Waals surface area contributed by atoms with E-state index in [1.54, 1.807) is 0 Å². The molecule has 1 rings (SSSR count). The van der Waals surface area contributed by atoms with Gasteiger partial charge in [0.05, 0.1) is 0 Å². The Hall–Kier alpha value is -0.380. The van der Waals surface area contributed by atoms with Gasteiger partial charge in [0.15, 0.2) is 5.78 Å². The minimum Gasteiger partial charge on any atom is -0.294 e. The molecule has 0 bridgehead atoms. The Morgan fingerprint density at radius 1 is 1.27 bits per heavy atom. The molecule has 0 radical (unpaired) electrons. The van der Waals surface area contributed by atoms with Crippen LogP contribution in [0.2, 0.25) is 0 Å². The van der Waals surface area contributed by atoms with Crippen LogP contribution in [0, 0.1) is 9.49 Å². The topological polar surface area (TPSA) is 17.1 Å². The second kappa shape index (κ2) is 6.26. The standard InChI is InChI=1S/C13H17IO/c1-10(2)4-3-5-13(15)11-6-8-12(14)9-7-11/h6-10H,3-5H2,1-2H3. The number of Topliss-reactive ketones (excluding diaryl/α,β-unsaturated/α-hetero) is 1. The van der Waals surface area contributed by atoms with Gasteiger partial charge in [-0.15, -0.1) is 0 Å². The molecule has 1 aromatic carbocycles. The first-order chi connectivity index (χ1) is 7.09. The van der Waals surface area contributed by atoms with E-state index >= 15 is 0 Å². The van der Waals surface area contributed by atoms with Crippen LogP contribution in [-0.2, 0) is 0 Å². The molecule has 1 nitrogen and oxygen atoms in total. The summed E-state index contributed by atoms with van der Waals surface area (Å²) in [7, 11) is 0. The summed E-state index contributed by atoms with van der Waals surface area (Å²) in [6.07, 6.45) is 2.82. The quantitative estimate of drug-likeness (QED) is 0.585. The zero-order valence-corrected chi connectivity index (χ0v) is 11.5. The zero-order valence-electron chi connectivity index (χ0n) is 9.29. The van der Waals surface area contributed by atoms with Crippen LogP contribution in [0.15, 0.2) is 24.3 Å². The van der Waals surface area contributed by atoms with Gasteiger partial charge in [-0.2, -0.15) is 0 Å². The summed E-state index contributed by atoms with van der Waals surface area (Å²) in [5, 5.41) is 0. The van der Waals surface area contributed by atoms with Crippen molar-refractivity contribution in [1.82, 2.24) is 0 Å². The monoisotopic (exact) mass is 316 g/mol. The average Bonchev–Trinajstić information content (AvgIpc) is 2.18. The number of halogens is 1. The molecular weight excluding hydrogens is 299 g/mol. The molecule has 0 spiro atoms. The first-order valence-corrected chi connectivity index (χ1v) is 6.46. The fraction of sp³-hybridized carbons (Fsp3) is 0.462. The summed E-state index contributed by atoms with van der Waals surface area (Å²) in [5.74, 6) is 0.960. The molecule has 0 fully saturated rings. The molecule has 0 aliphatic heterocycles. The van der Waals surface area contributed by atoms with Crippen LogP contribution in [0.4, 0.5) is 0 Å². The van der Waals surface area contributed by atoms with Gasteiger partial charge in [0.1, 0.15) is 0 Å². The zero-order chi connectivity index (χ0) is 11.3.